The quantitative estimate of drug-likeness (QED) is 0.399. The standard InChI is InChI=1S/2C13H18N2O2S/c2*16-14-12-6-8-15(9-7-12)10-11-18(17)13-4-2-1-3-5-13/h2*1-5,16H,6-11H2. The Labute approximate surface area is 218 Å². The summed E-state index contributed by atoms with van der Waals surface area (Å²) in [6, 6.07) is 19.1. The molecule has 196 valence electrons. The SMILES string of the molecule is O=S(CCN1CCC(=NO)CC1)c1ccccc1.O=S(CCN1CCC(=NO)CC1)c1ccccc1. The van der Waals surface area contributed by atoms with Crippen LogP contribution in [-0.4, -0.2) is 90.8 Å². The summed E-state index contributed by atoms with van der Waals surface area (Å²) in [5.74, 6) is 1.32. The highest BCUT2D eigenvalue weighted by Crippen LogP contribution is 2.11. The van der Waals surface area contributed by atoms with Gasteiger partial charge in [0.05, 0.1) is 33.0 Å². The van der Waals surface area contributed by atoms with Crippen molar-refractivity contribution < 1.29 is 18.8 Å². The molecule has 0 aromatic heterocycles. The molecule has 2 aromatic carbocycles. The minimum atomic E-state index is -0.917. The highest BCUT2D eigenvalue weighted by atomic mass is 32.2. The number of likely N-dealkylation sites (tertiary alicyclic amines) is 2. The Hall–Kier alpha value is -2.40. The molecule has 2 atom stereocenters. The van der Waals surface area contributed by atoms with E-state index in [9.17, 15) is 8.42 Å². The van der Waals surface area contributed by atoms with E-state index < -0.39 is 21.6 Å². The van der Waals surface area contributed by atoms with E-state index in [1.165, 1.54) is 0 Å². The fourth-order valence-corrected chi connectivity index (χ4v) is 6.31. The topological polar surface area (TPSA) is 106 Å². The lowest BCUT2D eigenvalue weighted by molar-refractivity contribution is 0.275. The number of benzene rings is 2. The Morgan fingerprint density at radius 3 is 1.25 bits per heavy atom. The molecule has 4 rings (SSSR count). The second kappa shape index (κ2) is 15.7. The summed E-state index contributed by atoms with van der Waals surface area (Å²) in [5.41, 5.74) is 1.74. The predicted octanol–water partition coefficient (Wildman–Crippen LogP) is 3.44. The van der Waals surface area contributed by atoms with E-state index in [1.807, 2.05) is 60.7 Å². The molecule has 2 N–H and O–H groups in total. The molecule has 2 aliphatic heterocycles. The van der Waals surface area contributed by atoms with Crippen molar-refractivity contribution >= 4 is 33.0 Å². The van der Waals surface area contributed by atoms with Crippen molar-refractivity contribution in [3.63, 3.8) is 0 Å². The average molecular weight is 533 g/mol. The van der Waals surface area contributed by atoms with Gasteiger partial charge in [-0.3, -0.25) is 8.42 Å². The summed E-state index contributed by atoms with van der Waals surface area (Å²) in [5, 5.41) is 23.8. The predicted molar refractivity (Wildman–Crippen MR) is 145 cm³/mol. The van der Waals surface area contributed by atoms with Crippen LogP contribution in [-0.2, 0) is 21.6 Å². The van der Waals surface area contributed by atoms with Crippen LogP contribution in [0, 0.1) is 0 Å². The highest BCUT2D eigenvalue weighted by Gasteiger charge is 2.17. The molecule has 2 aliphatic rings. The summed E-state index contributed by atoms with van der Waals surface area (Å²) in [4.78, 5) is 6.34. The van der Waals surface area contributed by atoms with Crippen LogP contribution in [0.4, 0.5) is 0 Å². The van der Waals surface area contributed by atoms with Gasteiger partial charge in [-0.25, -0.2) is 0 Å². The van der Waals surface area contributed by atoms with Crippen molar-refractivity contribution in [1.29, 1.82) is 0 Å². The molecule has 2 heterocycles. The maximum atomic E-state index is 12.0. The molecule has 2 aromatic rings. The van der Waals surface area contributed by atoms with Crippen LogP contribution < -0.4 is 0 Å². The number of piperidine rings is 2. The van der Waals surface area contributed by atoms with Gasteiger partial charge < -0.3 is 20.2 Å². The Morgan fingerprint density at radius 2 is 0.944 bits per heavy atom. The van der Waals surface area contributed by atoms with E-state index in [4.69, 9.17) is 10.4 Å². The van der Waals surface area contributed by atoms with Crippen LogP contribution in [0.15, 0.2) is 80.8 Å². The molecular formula is C26H36N4O4S2. The molecule has 0 spiro atoms. The van der Waals surface area contributed by atoms with Gasteiger partial charge >= 0.3 is 0 Å². The van der Waals surface area contributed by atoms with Crippen LogP contribution in [0.3, 0.4) is 0 Å². The first-order chi connectivity index (χ1) is 17.6. The second-order valence-corrected chi connectivity index (χ2v) is 11.9. The van der Waals surface area contributed by atoms with Crippen LogP contribution in [0.5, 0.6) is 0 Å². The van der Waals surface area contributed by atoms with Gasteiger partial charge in [-0.15, -0.1) is 0 Å². The third kappa shape index (κ3) is 9.57. The number of hydrogen-bond acceptors (Lipinski definition) is 8. The van der Waals surface area contributed by atoms with E-state index in [-0.39, 0.29) is 0 Å². The molecule has 36 heavy (non-hydrogen) atoms. The minimum absolute atomic E-state index is 0.662. The van der Waals surface area contributed by atoms with Crippen molar-refractivity contribution in [2.45, 2.75) is 35.5 Å². The first-order valence-electron chi connectivity index (χ1n) is 12.3. The van der Waals surface area contributed by atoms with Crippen molar-refractivity contribution in [1.82, 2.24) is 9.80 Å². The van der Waals surface area contributed by atoms with E-state index in [1.54, 1.807) is 0 Å². The lowest BCUT2D eigenvalue weighted by atomic mass is 10.1. The van der Waals surface area contributed by atoms with Gasteiger partial charge in [-0.05, 0) is 24.3 Å². The van der Waals surface area contributed by atoms with Gasteiger partial charge in [0.15, 0.2) is 0 Å². The van der Waals surface area contributed by atoms with E-state index >= 15 is 0 Å². The Balaban J connectivity index is 0.000000201. The zero-order valence-corrected chi connectivity index (χ0v) is 22.2. The normalized spacial score (nSPS) is 18.6. The van der Waals surface area contributed by atoms with Gasteiger partial charge in [0.25, 0.3) is 0 Å². The van der Waals surface area contributed by atoms with Crippen LogP contribution in [0.1, 0.15) is 25.7 Å². The first kappa shape index (κ1) is 28.2. The summed E-state index contributed by atoms with van der Waals surface area (Å²) in [6.45, 7) is 5.24. The summed E-state index contributed by atoms with van der Waals surface area (Å²) < 4.78 is 24.1. The summed E-state index contributed by atoms with van der Waals surface area (Å²) in [7, 11) is -1.83. The molecule has 0 bridgehead atoms. The molecular weight excluding hydrogens is 496 g/mol. The third-order valence-corrected chi connectivity index (χ3v) is 9.05. The van der Waals surface area contributed by atoms with Gasteiger partial charge in [-0.2, -0.15) is 0 Å². The maximum Gasteiger partial charge on any atom is 0.0596 e. The molecule has 0 radical (unpaired) electrons. The van der Waals surface area contributed by atoms with Crippen LogP contribution in [0.2, 0.25) is 0 Å². The molecule has 8 nitrogen and oxygen atoms in total. The third-order valence-electron chi connectivity index (χ3n) is 6.35. The molecule has 0 amide bonds. The average Bonchev–Trinajstić information content (AvgIpc) is 2.96. The van der Waals surface area contributed by atoms with E-state index in [2.05, 4.69) is 20.1 Å². The molecule has 2 fully saturated rings. The Kier molecular flexibility index (Phi) is 12.3. The summed E-state index contributed by atoms with van der Waals surface area (Å²) >= 11 is 0. The zero-order valence-electron chi connectivity index (χ0n) is 20.6. The zero-order chi connectivity index (χ0) is 25.6. The van der Waals surface area contributed by atoms with Crippen molar-refractivity contribution in [3.8, 4) is 0 Å². The minimum Gasteiger partial charge on any atom is -0.411 e. The smallest absolute Gasteiger partial charge is 0.0596 e. The number of oxime groups is 2. The van der Waals surface area contributed by atoms with Crippen LogP contribution in [0.25, 0.3) is 0 Å². The highest BCUT2D eigenvalue weighted by molar-refractivity contribution is 7.85. The molecule has 10 heteroatoms. The van der Waals surface area contributed by atoms with Crippen LogP contribution >= 0.6 is 0 Å². The molecule has 2 unspecified atom stereocenters. The van der Waals surface area contributed by atoms with E-state index in [0.717, 1.165) is 86.2 Å². The second-order valence-electron chi connectivity index (χ2n) is 8.74. The number of rotatable bonds is 8. The van der Waals surface area contributed by atoms with E-state index in [0.29, 0.717) is 11.5 Å². The fourth-order valence-electron chi connectivity index (χ4n) is 4.07. The van der Waals surface area contributed by atoms with Gasteiger partial charge in [0, 0.05) is 86.2 Å². The molecule has 0 saturated carbocycles. The van der Waals surface area contributed by atoms with Crippen molar-refractivity contribution in [3.05, 3.63) is 60.7 Å². The number of hydrogen-bond donors (Lipinski definition) is 2. The Bertz CT molecular complexity index is 931. The van der Waals surface area contributed by atoms with Gasteiger partial charge in [0.2, 0.25) is 0 Å². The first-order valence-corrected chi connectivity index (χ1v) is 14.9. The lowest BCUT2D eigenvalue weighted by Gasteiger charge is -2.26. The van der Waals surface area contributed by atoms with Gasteiger partial charge in [0.1, 0.15) is 0 Å². The van der Waals surface area contributed by atoms with Crippen molar-refractivity contribution in [2.75, 3.05) is 50.8 Å². The maximum absolute atomic E-state index is 12.0. The largest absolute Gasteiger partial charge is 0.411 e. The lowest BCUT2D eigenvalue weighted by Crippen LogP contribution is -2.36. The Morgan fingerprint density at radius 1 is 0.611 bits per heavy atom. The monoisotopic (exact) mass is 532 g/mol. The van der Waals surface area contributed by atoms with Gasteiger partial charge in [-0.1, -0.05) is 46.7 Å². The summed E-state index contributed by atoms with van der Waals surface area (Å²) in [6.07, 6.45) is 3.26. The molecule has 2 saturated heterocycles. The molecule has 0 aliphatic carbocycles. The number of nitrogens with zero attached hydrogens (tertiary/aromatic N) is 4. The van der Waals surface area contributed by atoms with Crippen molar-refractivity contribution in [2.24, 2.45) is 10.3 Å². The fraction of sp³-hybridized carbons (Fsp3) is 0.462.